The molecule has 1 aliphatic rings. The maximum Gasteiger partial charge on any atom is 0.268 e. The van der Waals surface area contributed by atoms with E-state index in [1.165, 1.54) is 0 Å². The first-order chi connectivity index (χ1) is 18.6. The summed E-state index contributed by atoms with van der Waals surface area (Å²) in [5.41, 5.74) is 2.83. The van der Waals surface area contributed by atoms with Crippen LogP contribution in [0.25, 0.3) is 0 Å². The zero-order valence-corrected chi connectivity index (χ0v) is 21.9. The first kappa shape index (κ1) is 28.2. The quantitative estimate of drug-likeness (QED) is 0.368. The lowest BCUT2D eigenvalue weighted by molar-refractivity contribution is -0.138. The number of halogens is 2. The molecule has 0 saturated heterocycles. The van der Waals surface area contributed by atoms with Crippen LogP contribution in [-0.4, -0.2) is 45.3 Å². The number of carbonyl (C=O) groups excluding carboxylic acids is 3. The first-order valence-electron chi connectivity index (χ1n) is 12.9. The molecule has 1 unspecified atom stereocenters. The SMILES string of the molecule is Cc1ccccc1CNC(=O)[C@@H]1CC(F)(F)CC1C(=O)[C@@H](O)[C@H](Cc1ccccc1)NC(=O)c1cccn1C. The van der Waals surface area contributed by atoms with Gasteiger partial charge in [0.25, 0.3) is 5.91 Å². The first-order valence-corrected chi connectivity index (χ1v) is 12.9. The maximum absolute atomic E-state index is 14.6. The highest BCUT2D eigenvalue weighted by Crippen LogP contribution is 2.44. The van der Waals surface area contributed by atoms with E-state index in [-0.39, 0.29) is 13.0 Å². The second-order valence-electron chi connectivity index (χ2n) is 10.2. The lowest BCUT2D eigenvalue weighted by Crippen LogP contribution is -2.51. The molecule has 206 valence electrons. The smallest absolute Gasteiger partial charge is 0.268 e. The molecule has 2 aromatic carbocycles. The molecule has 1 heterocycles. The molecular weight excluding hydrogens is 504 g/mol. The Morgan fingerprint density at radius 3 is 2.33 bits per heavy atom. The molecule has 1 aromatic heterocycles. The van der Waals surface area contributed by atoms with E-state index in [0.717, 1.165) is 16.7 Å². The molecule has 7 nitrogen and oxygen atoms in total. The molecule has 1 saturated carbocycles. The molecule has 3 aromatic rings. The van der Waals surface area contributed by atoms with Crippen LogP contribution in [0.15, 0.2) is 72.9 Å². The standard InChI is InChI=1S/C30H33F2N3O4/c1-19-9-6-7-12-21(19)18-33-28(38)23-17-30(31,32)16-22(23)26(36)27(37)24(15-20-10-4-3-5-11-20)34-29(39)25-13-8-14-35(25)2/h3-14,22-24,27,37H,15-18H2,1-2H3,(H,33,38)(H,34,39)/t22?,23-,24+,27+/m1/s1. The number of Topliss-reactive ketones (excluding diaryl/α,β-unsaturated/α-hetero) is 1. The number of amides is 2. The fourth-order valence-electron chi connectivity index (χ4n) is 5.17. The molecule has 1 fully saturated rings. The van der Waals surface area contributed by atoms with E-state index in [9.17, 15) is 28.3 Å². The second-order valence-corrected chi connectivity index (χ2v) is 10.2. The number of aliphatic hydroxyl groups excluding tert-OH is 1. The number of aryl methyl sites for hydroxylation is 2. The minimum Gasteiger partial charge on any atom is -0.383 e. The third kappa shape index (κ3) is 6.78. The fourth-order valence-corrected chi connectivity index (χ4v) is 5.17. The van der Waals surface area contributed by atoms with Gasteiger partial charge in [0.2, 0.25) is 11.8 Å². The molecule has 39 heavy (non-hydrogen) atoms. The van der Waals surface area contributed by atoms with Gasteiger partial charge in [0.05, 0.1) is 12.0 Å². The van der Waals surface area contributed by atoms with Gasteiger partial charge >= 0.3 is 0 Å². The Hall–Kier alpha value is -3.85. The molecule has 0 spiro atoms. The summed E-state index contributed by atoms with van der Waals surface area (Å²) in [6.45, 7) is 2.02. The average Bonchev–Trinajstić information content (AvgIpc) is 3.49. The number of aromatic nitrogens is 1. The molecule has 3 N–H and O–H groups in total. The molecule has 4 rings (SSSR count). The number of rotatable bonds is 10. The van der Waals surface area contributed by atoms with Crippen molar-refractivity contribution in [3.05, 3.63) is 95.3 Å². The number of aliphatic hydroxyl groups is 1. The fraction of sp³-hybridized carbons (Fsp3) is 0.367. The number of carbonyl (C=O) groups is 3. The van der Waals surface area contributed by atoms with Crippen molar-refractivity contribution >= 4 is 17.6 Å². The van der Waals surface area contributed by atoms with E-state index in [1.807, 2.05) is 37.3 Å². The van der Waals surface area contributed by atoms with Crippen LogP contribution in [0.1, 0.15) is 40.0 Å². The minimum atomic E-state index is -3.23. The summed E-state index contributed by atoms with van der Waals surface area (Å²) in [6, 6.07) is 18.5. The van der Waals surface area contributed by atoms with E-state index in [0.29, 0.717) is 5.69 Å². The Kier molecular flexibility index (Phi) is 8.60. The topological polar surface area (TPSA) is 100 Å². The van der Waals surface area contributed by atoms with Crippen LogP contribution < -0.4 is 10.6 Å². The zero-order chi connectivity index (χ0) is 28.2. The summed E-state index contributed by atoms with van der Waals surface area (Å²) in [4.78, 5) is 39.5. The van der Waals surface area contributed by atoms with Crippen molar-refractivity contribution in [2.45, 2.75) is 50.8 Å². The van der Waals surface area contributed by atoms with E-state index >= 15 is 0 Å². The summed E-state index contributed by atoms with van der Waals surface area (Å²) in [5, 5.41) is 16.6. The van der Waals surface area contributed by atoms with Crippen LogP contribution in [0.5, 0.6) is 0 Å². The van der Waals surface area contributed by atoms with Crippen LogP contribution in [0.3, 0.4) is 0 Å². The molecule has 0 bridgehead atoms. The Morgan fingerprint density at radius 2 is 1.67 bits per heavy atom. The Balaban J connectivity index is 1.53. The van der Waals surface area contributed by atoms with Crippen LogP contribution >= 0.6 is 0 Å². The number of hydrogen-bond acceptors (Lipinski definition) is 4. The monoisotopic (exact) mass is 537 g/mol. The summed E-state index contributed by atoms with van der Waals surface area (Å²) < 4.78 is 30.7. The van der Waals surface area contributed by atoms with Crippen molar-refractivity contribution in [3.8, 4) is 0 Å². The van der Waals surface area contributed by atoms with Crippen molar-refractivity contribution in [2.24, 2.45) is 18.9 Å². The molecule has 0 radical (unpaired) electrons. The number of ketones is 1. The van der Waals surface area contributed by atoms with E-state index in [1.54, 1.807) is 54.2 Å². The van der Waals surface area contributed by atoms with Gasteiger partial charge in [-0.05, 0) is 42.2 Å². The van der Waals surface area contributed by atoms with Crippen LogP contribution in [0.4, 0.5) is 8.78 Å². The largest absolute Gasteiger partial charge is 0.383 e. The van der Waals surface area contributed by atoms with E-state index < -0.39 is 60.3 Å². The highest BCUT2D eigenvalue weighted by atomic mass is 19.3. The van der Waals surface area contributed by atoms with Crippen LogP contribution in [-0.2, 0) is 29.6 Å². The van der Waals surface area contributed by atoms with Crippen molar-refractivity contribution in [2.75, 3.05) is 0 Å². The predicted molar refractivity (Wildman–Crippen MR) is 142 cm³/mol. The summed E-state index contributed by atoms with van der Waals surface area (Å²) in [6.07, 6.45) is -1.63. The number of hydrogen-bond donors (Lipinski definition) is 3. The third-order valence-corrected chi connectivity index (χ3v) is 7.40. The van der Waals surface area contributed by atoms with Gasteiger partial charge in [-0.25, -0.2) is 8.78 Å². The van der Waals surface area contributed by atoms with Gasteiger partial charge in [0.15, 0.2) is 5.78 Å². The highest BCUT2D eigenvalue weighted by molar-refractivity contribution is 5.95. The van der Waals surface area contributed by atoms with Gasteiger partial charge in [-0.15, -0.1) is 0 Å². The third-order valence-electron chi connectivity index (χ3n) is 7.40. The Bertz CT molecular complexity index is 1320. The molecule has 1 aliphatic carbocycles. The van der Waals surface area contributed by atoms with E-state index in [2.05, 4.69) is 10.6 Å². The Labute approximate surface area is 226 Å². The molecule has 9 heteroatoms. The van der Waals surface area contributed by atoms with Crippen molar-refractivity contribution in [1.82, 2.24) is 15.2 Å². The normalized spacial score (nSPS) is 19.7. The maximum atomic E-state index is 14.6. The summed E-state index contributed by atoms with van der Waals surface area (Å²) in [7, 11) is 1.68. The average molecular weight is 538 g/mol. The summed E-state index contributed by atoms with van der Waals surface area (Å²) >= 11 is 0. The van der Waals surface area contributed by atoms with Gasteiger partial charge in [0, 0.05) is 38.5 Å². The van der Waals surface area contributed by atoms with Gasteiger partial charge in [-0.3, -0.25) is 14.4 Å². The Morgan fingerprint density at radius 1 is 1.00 bits per heavy atom. The molecule has 0 aliphatic heterocycles. The van der Waals surface area contributed by atoms with Crippen molar-refractivity contribution in [1.29, 1.82) is 0 Å². The van der Waals surface area contributed by atoms with Crippen LogP contribution in [0, 0.1) is 18.8 Å². The summed E-state index contributed by atoms with van der Waals surface area (Å²) in [5.74, 6) is -7.97. The number of benzene rings is 2. The molecule has 4 atom stereocenters. The number of nitrogens with one attached hydrogen (secondary N) is 2. The molecule has 2 amide bonds. The van der Waals surface area contributed by atoms with Crippen molar-refractivity contribution in [3.63, 3.8) is 0 Å². The van der Waals surface area contributed by atoms with Gasteiger partial charge in [0.1, 0.15) is 11.8 Å². The number of nitrogens with zero attached hydrogens (tertiary/aromatic N) is 1. The second kappa shape index (κ2) is 11.9. The van der Waals surface area contributed by atoms with Gasteiger partial charge in [-0.1, -0.05) is 54.6 Å². The molecular formula is C30H33F2N3O4. The van der Waals surface area contributed by atoms with Crippen molar-refractivity contribution < 1.29 is 28.3 Å². The van der Waals surface area contributed by atoms with Gasteiger partial charge in [-0.2, -0.15) is 0 Å². The number of alkyl halides is 2. The predicted octanol–water partition coefficient (Wildman–Crippen LogP) is 3.58. The minimum absolute atomic E-state index is 0.0944. The lowest BCUT2D eigenvalue weighted by atomic mass is 9.85. The lowest BCUT2D eigenvalue weighted by Gasteiger charge is -2.27. The van der Waals surface area contributed by atoms with Crippen LogP contribution in [0.2, 0.25) is 0 Å². The zero-order valence-electron chi connectivity index (χ0n) is 21.9. The van der Waals surface area contributed by atoms with Gasteiger partial charge < -0.3 is 20.3 Å². The highest BCUT2D eigenvalue weighted by Gasteiger charge is 2.53. The van der Waals surface area contributed by atoms with E-state index in [4.69, 9.17) is 0 Å².